The van der Waals surface area contributed by atoms with E-state index < -0.39 is 10.0 Å². The van der Waals surface area contributed by atoms with Gasteiger partial charge < -0.3 is 5.32 Å². The van der Waals surface area contributed by atoms with E-state index in [1.54, 1.807) is 5.38 Å². The molecule has 2 rings (SSSR count). The van der Waals surface area contributed by atoms with Crippen LogP contribution in [0.1, 0.15) is 11.5 Å². The van der Waals surface area contributed by atoms with Crippen LogP contribution in [0, 0.1) is 0 Å². The molecule has 9 nitrogen and oxygen atoms in total. The van der Waals surface area contributed by atoms with Gasteiger partial charge in [-0.2, -0.15) is 5.10 Å². The molecule has 0 spiro atoms. The smallest absolute Gasteiger partial charge is 0.231 e. The van der Waals surface area contributed by atoms with Crippen molar-refractivity contribution in [1.29, 1.82) is 0 Å². The number of hydrogen-bond acceptors (Lipinski definition) is 7. The number of aromatic nitrogens is 4. The van der Waals surface area contributed by atoms with Crippen molar-refractivity contribution >= 4 is 32.4 Å². The molecule has 1 amide bonds. The Hall–Kier alpha value is -2.01. The number of nitrogens with zero attached hydrogens (tertiary/aromatic N) is 3. The Bertz CT molecular complexity index is 678. The molecule has 11 heteroatoms. The predicted molar refractivity (Wildman–Crippen MR) is 72.5 cm³/mol. The van der Waals surface area contributed by atoms with Crippen LogP contribution in [-0.2, 0) is 27.8 Å². The number of carbonyl (C=O) groups excluding carboxylic acids is 1. The third kappa shape index (κ3) is 4.59. The van der Waals surface area contributed by atoms with Crippen LogP contribution >= 0.6 is 11.3 Å². The van der Waals surface area contributed by atoms with Crippen molar-refractivity contribution in [1.82, 2.24) is 25.5 Å². The molecule has 0 atom stereocenters. The third-order valence-electron chi connectivity index (χ3n) is 2.08. The molecule has 2 aromatic rings. The lowest BCUT2D eigenvalue weighted by Crippen LogP contribution is -2.25. The monoisotopic (exact) mass is 316 g/mol. The number of nitrogens with one attached hydrogen (secondary N) is 3. The molecule has 0 saturated carbocycles. The zero-order valence-electron chi connectivity index (χ0n) is 10.5. The molecule has 3 N–H and O–H groups in total. The van der Waals surface area contributed by atoms with Crippen LogP contribution in [0.5, 0.6) is 0 Å². The van der Waals surface area contributed by atoms with Gasteiger partial charge in [0.2, 0.25) is 15.9 Å². The number of sulfonamides is 1. The van der Waals surface area contributed by atoms with Gasteiger partial charge >= 0.3 is 0 Å². The summed E-state index contributed by atoms with van der Waals surface area (Å²) in [5, 5.41) is 10.8. The molecule has 0 bridgehead atoms. The fourth-order valence-electron chi connectivity index (χ4n) is 1.32. The fourth-order valence-corrected chi connectivity index (χ4v) is 2.88. The number of rotatable bonds is 6. The molecule has 0 unspecified atom stereocenters. The van der Waals surface area contributed by atoms with Gasteiger partial charge in [0, 0.05) is 5.38 Å². The van der Waals surface area contributed by atoms with Crippen molar-refractivity contribution in [2.24, 2.45) is 0 Å². The minimum Gasteiger partial charge on any atom is -0.348 e. The highest BCUT2D eigenvalue weighted by atomic mass is 32.2. The Balaban J connectivity index is 1.85. The van der Waals surface area contributed by atoms with E-state index in [0.717, 1.165) is 17.6 Å². The van der Waals surface area contributed by atoms with Gasteiger partial charge in [0.25, 0.3) is 0 Å². The summed E-state index contributed by atoms with van der Waals surface area (Å²) >= 11 is 1.12. The summed E-state index contributed by atoms with van der Waals surface area (Å²) in [4.78, 5) is 19.5. The highest BCUT2D eigenvalue weighted by Gasteiger charge is 2.10. The van der Waals surface area contributed by atoms with Crippen LogP contribution in [0.2, 0.25) is 0 Å². The van der Waals surface area contributed by atoms with Crippen LogP contribution in [-0.4, -0.2) is 40.7 Å². The van der Waals surface area contributed by atoms with Gasteiger partial charge in [-0.3, -0.25) is 14.6 Å². The topological polar surface area (TPSA) is 130 Å². The van der Waals surface area contributed by atoms with E-state index in [-0.39, 0.29) is 24.0 Å². The van der Waals surface area contributed by atoms with Crippen molar-refractivity contribution in [3.63, 3.8) is 0 Å². The van der Waals surface area contributed by atoms with Gasteiger partial charge in [-0.05, 0) is 0 Å². The second-order valence-electron chi connectivity index (χ2n) is 3.90. The van der Waals surface area contributed by atoms with E-state index in [0.29, 0.717) is 11.5 Å². The first-order valence-electron chi connectivity index (χ1n) is 5.45. The first-order valence-corrected chi connectivity index (χ1v) is 8.22. The predicted octanol–water partition coefficient (Wildman–Crippen LogP) is -0.508. The standard InChI is InChI=1S/C9H12N6O3S2/c1-20(17,18)15-9-13-6(4-19-9)2-8(16)10-3-7-11-5-12-14-7/h4-5H,2-3H2,1H3,(H,10,16)(H,13,15)(H,11,12,14). The summed E-state index contributed by atoms with van der Waals surface area (Å²) in [6, 6.07) is 0. The van der Waals surface area contributed by atoms with Gasteiger partial charge in [-0.1, -0.05) is 0 Å². The number of thiazole rings is 1. The van der Waals surface area contributed by atoms with Gasteiger partial charge in [0.1, 0.15) is 12.2 Å². The second kappa shape index (κ2) is 5.96. The maximum absolute atomic E-state index is 11.7. The van der Waals surface area contributed by atoms with Crippen LogP contribution in [0.3, 0.4) is 0 Å². The lowest BCUT2D eigenvalue weighted by atomic mass is 10.3. The fraction of sp³-hybridized carbons (Fsp3) is 0.333. The molecule has 108 valence electrons. The van der Waals surface area contributed by atoms with Crippen molar-refractivity contribution in [3.8, 4) is 0 Å². The Morgan fingerprint density at radius 3 is 2.95 bits per heavy atom. The molecule has 0 aromatic carbocycles. The van der Waals surface area contributed by atoms with Crippen LogP contribution in [0.4, 0.5) is 5.13 Å². The Morgan fingerprint density at radius 1 is 1.50 bits per heavy atom. The van der Waals surface area contributed by atoms with Crippen LogP contribution in [0.15, 0.2) is 11.7 Å². The summed E-state index contributed by atoms with van der Waals surface area (Å²) in [6.45, 7) is 0.247. The summed E-state index contributed by atoms with van der Waals surface area (Å²) in [5.41, 5.74) is 0.496. The Kier molecular flexibility index (Phi) is 4.29. The number of amides is 1. The lowest BCUT2D eigenvalue weighted by molar-refractivity contribution is -0.120. The zero-order chi connectivity index (χ0) is 14.6. The molecule has 2 heterocycles. The Morgan fingerprint density at radius 2 is 2.30 bits per heavy atom. The van der Waals surface area contributed by atoms with Crippen molar-refractivity contribution < 1.29 is 13.2 Å². The molecule has 2 aromatic heterocycles. The number of aromatic amines is 1. The summed E-state index contributed by atoms with van der Waals surface area (Å²) in [5.74, 6) is 0.314. The minimum atomic E-state index is -3.35. The van der Waals surface area contributed by atoms with E-state index in [9.17, 15) is 13.2 Å². The second-order valence-corrected chi connectivity index (χ2v) is 6.51. The van der Waals surface area contributed by atoms with E-state index in [1.165, 1.54) is 6.33 Å². The van der Waals surface area contributed by atoms with Crippen molar-refractivity contribution in [3.05, 3.63) is 23.2 Å². The SMILES string of the molecule is CS(=O)(=O)Nc1nc(CC(=O)NCc2ncn[nH]2)cs1. The van der Waals surface area contributed by atoms with Gasteiger partial charge in [0.15, 0.2) is 5.13 Å². The molecule has 0 aliphatic carbocycles. The summed E-state index contributed by atoms with van der Waals surface area (Å²) < 4.78 is 24.3. The lowest BCUT2D eigenvalue weighted by Gasteiger charge is -2.01. The van der Waals surface area contributed by atoms with E-state index >= 15 is 0 Å². The normalized spacial score (nSPS) is 11.2. The molecule has 0 saturated heterocycles. The summed E-state index contributed by atoms with van der Waals surface area (Å²) in [7, 11) is -3.35. The number of hydrogen-bond donors (Lipinski definition) is 3. The highest BCUT2D eigenvalue weighted by molar-refractivity contribution is 7.92. The molecular weight excluding hydrogens is 304 g/mol. The van der Waals surface area contributed by atoms with E-state index in [1.807, 2.05) is 0 Å². The first-order chi connectivity index (χ1) is 9.42. The van der Waals surface area contributed by atoms with Crippen LogP contribution in [0.25, 0.3) is 0 Å². The maximum Gasteiger partial charge on any atom is 0.231 e. The molecule has 0 aliphatic rings. The molecule has 0 aliphatic heterocycles. The van der Waals surface area contributed by atoms with E-state index in [2.05, 4.69) is 30.2 Å². The van der Waals surface area contributed by atoms with Gasteiger partial charge in [-0.15, -0.1) is 11.3 Å². The maximum atomic E-state index is 11.7. The number of anilines is 1. The first kappa shape index (κ1) is 14.4. The highest BCUT2D eigenvalue weighted by Crippen LogP contribution is 2.16. The average molecular weight is 316 g/mol. The number of carbonyl (C=O) groups is 1. The Labute approximate surface area is 118 Å². The molecule has 0 fully saturated rings. The minimum absolute atomic E-state index is 0.0656. The zero-order valence-corrected chi connectivity index (χ0v) is 12.1. The molecule has 0 radical (unpaired) electrons. The molecular formula is C9H12N6O3S2. The van der Waals surface area contributed by atoms with Crippen molar-refractivity contribution in [2.45, 2.75) is 13.0 Å². The van der Waals surface area contributed by atoms with Crippen LogP contribution < -0.4 is 10.0 Å². The van der Waals surface area contributed by atoms with Gasteiger partial charge in [-0.25, -0.2) is 18.4 Å². The molecule has 20 heavy (non-hydrogen) atoms. The van der Waals surface area contributed by atoms with Gasteiger partial charge in [0.05, 0.1) is 24.9 Å². The summed E-state index contributed by atoms with van der Waals surface area (Å²) in [6.07, 6.45) is 2.46. The number of H-pyrrole nitrogens is 1. The van der Waals surface area contributed by atoms with E-state index in [4.69, 9.17) is 0 Å². The average Bonchev–Trinajstić information content (AvgIpc) is 2.96. The van der Waals surface area contributed by atoms with Crippen molar-refractivity contribution in [2.75, 3.05) is 11.0 Å². The third-order valence-corrected chi connectivity index (χ3v) is 3.58. The quantitative estimate of drug-likeness (QED) is 0.658. The largest absolute Gasteiger partial charge is 0.348 e.